The highest BCUT2D eigenvalue weighted by Gasteiger charge is 2.19. The molecule has 0 aliphatic rings. The molecule has 0 bridgehead atoms. The molecule has 0 amide bonds. The predicted molar refractivity (Wildman–Crippen MR) is 84.7 cm³/mol. The Bertz CT molecular complexity index is 587. The van der Waals surface area contributed by atoms with Gasteiger partial charge in [0.05, 0.1) is 0 Å². The van der Waals surface area contributed by atoms with E-state index in [9.17, 15) is 8.78 Å². The maximum atomic E-state index is 14.1. The maximum absolute atomic E-state index is 14.1. The Balaban J connectivity index is 2.17. The van der Waals surface area contributed by atoms with Gasteiger partial charge in [0.15, 0.2) is 11.6 Å². The van der Waals surface area contributed by atoms with Crippen molar-refractivity contribution in [2.45, 2.75) is 24.8 Å². The summed E-state index contributed by atoms with van der Waals surface area (Å²) in [5.74, 6) is -0.841. The van der Waals surface area contributed by atoms with Crippen molar-refractivity contribution in [3.05, 3.63) is 65.2 Å². The average molecular weight is 307 g/mol. The Labute approximate surface area is 128 Å². The van der Waals surface area contributed by atoms with Gasteiger partial charge < -0.3 is 5.32 Å². The molecule has 0 fully saturated rings. The van der Waals surface area contributed by atoms with Crippen LogP contribution in [0.5, 0.6) is 0 Å². The van der Waals surface area contributed by atoms with E-state index in [0.717, 1.165) is 4.90 Å². The summed E-state index contributed by atoms with van der Waals surface area (Å²) in [5.41, 5.74) is 0.727. The van der Waals surface area contributed by atoms with E-state index in [0.29, 0.717) is 23.4 Å². The Kier molecular flexibility index (Phi) is 5.76. The molecule has 2 aromatic carbocycles. The summed E-state index contributed by atoms with van der Waals surface area (Å²) in [6.07, 6.45) is 0. The SMILES string of the molecule is CCNC(CSc1ccccc1)c1ccc(C)c(F)c1F. The number of hydrogen-bond donors (Lipinski definition) is 1. The summed E-state index contributed by atoms with van der Waals surface area (Å²) in [4.78, 5) is 1.12. The molecule has 0 saturated carbocycles. The minimum Gasteiger partial charge on any atom is -0.309 e. The molecule has 2 rings (SSSR count). The summed E-state index contributed by atoms with van der Waals surface area (Å²) < 4.78 is 27.9. The normalized spacial score (nSPS) is 12.4. The first-order chi connectivity index (χ1) is 10.1. The molecule has 0 aromatic heterocycles. The van der Waals surface area contributed by atoms with Gasteiger partial charge in [-0.2, -0.15) is 0 Å². The lowest BCUT2D eigenvalue weighted by Crippen LogP contribution is -2.24. The lowest BCUT2D eigenvalue weighted by molar-refractivity contribution is 0.474. The van der Waals surface area contributed by atoms with Crippen molar-refractivity contribution in [3.8, 4) is 0 Å². The molecule has 0 aliphatic carbocycles. The van der Waals surface area contributed by atoms with Crippen LogP contribution < -0.4 is 5.32 Å². The zero-order valence-electron chi connectivity index (χ0n) is 12.2. The number of nitrogens with one attached hydrogen (secondary N) is 1. The molecule has 2 aromatic rings. The third-order valence-corrected chi connectivity index (χ3v) is 4.40. The molecule has 0 heterocycles. The van der Waals surface area contributed by atoms with E-state index < -0.39 is 11.6 Å². The summed E-state index contributed by atoms with van der Waals surface area (Å²) in [6, 6.07) is 13.0. The maximum Gasteiger partial charge on any atom is 0.163 e. The molecule has 1 atom stereocenters. The van der Waals surface area contributed by atoms with E-state index in [1.165, 1.54) is 0 Å². The number of halogens is 2. The van der Waals surface area contributed by atoms with Crippen molar-refractivity contribution < 1.29 is 8.78 Å². The van der Waals surface area contributed by atoms with E-state index >= 15 is 0 Å². The van der Waals surface area contributed by atoms with Gasteiger partial charge in [0, 0.05) is 22.3 Å². The minimum atomic E-state index is -0.750. The fourth-order valence-electron chi connectivity index (χ4n) is 2.13. The highest BCUT2D eigenvalue weighted by Crippen LogP contribution is 2.27. The number of hydrogen-bond acceptors (Lipinski definition) is 2. The number of rotatable bonds is 6. The molecule has 1 nitrogen and oxygen atoms in total. The van der Waals surface area contributed by atoms with Crippen LogP contribution in [0.25, 0.3) is 0 Å². The van der Waals surface area contributed by atoms with Crippen LogP contribution in [0.4, 0.5) is 8.78 Å². The van der Waals surface area contributed by atoms with E-state index in [4.69, 9.17) is 0 Å². The van der Waals surface area contributed by atoms with Gasteiger partial charge in [-0.05, 0) is 31.2 Å². The monoisotopic (exact) mass is 307 g/mol. The topological polar surface area (TPSA) is 12.0 Å². The van der Waals surface area contributed by atoms with Crippen LogP contribution in [0, 0.1) is 18.6 Å². The average Bonchev–Trinajstić information content (AvgIpc) is 2.51. The minimum absolute atomic E-state index is 0.213. The Hall–Kier alpha value is -1.39. The second kappa shape index (κ2) is 7.57. The van der Waals surface area contributed by atoms with Gasteiger partial charge in [-0.25, -0.2) is 8.78 Å². The van der Waals surface area contributed by atoms with Gasteiger partial charge >= 0.3 is 0 Å². The quantitative estimate of drug-likeness (QED) is 0.775. The predicted octanol–water partition coefficient (Wildman–Crippen LogP) is 4.72. The van der Waals surface area contributed by atoms with Gasteiger partial charge in [-0.1, -0.05) is 37.3 Å². The van der Waals surface area contributed by atoms with Crippen molar-refractivity contribution in [2.24, 2.45) is 0 Å². The van der Waals surface area contributed by atoms with Crippen molar-refractivity contribution in [1.82, 2.24) is 5.32 Å². The van der Waals surface area contributed by atoms with Crippen LogP contribution in [0.15, 0.2) is 47.4 Å². The van der Waals surface area contributed by atoms with Crippen molar-refractivity contribution >= 4 is 11.8 Å². The van der Waals surface area contributed by atoms with Crippen molar-refractivity contribution in [1.29, 1.82) is 0 Å². The molecule has 21 heavy (non-hydrogen) atoms. The molecule has 0 aliphatic heterocycles. The molecule has 0 saturated heterocycles. The van der Waals surface area contributed by atoms with E-state index in [1.807, 2.05) is 37.3 Å². The Morgan fingerprint density at radius 1 is 1.05 bits per heavy atom. The summed E-state index contributed by atoms with van der Waals surface area (Å²) in [5, 5.41) is 3.23. The van der Waals surface area contributed by atoms with Gasteiger partial charge in [-0.3, -0.25) is 0 Å². The fourth-order valence-corrected chi connectivity index (χ4v) is 3.14. The zero-order chi connectivity index (χ0) is 15.2. The first-order valence-corrected chi connectivity index (χ1v) is 7.97. The number of aryl methyl sites for hydroxylation is 1. The van der Waals surface area contributed by atoms with Crippen LogP contribution in [-0.2, 0) is 0 Å². The highest BCUT2D eigenvalue weighted by molar-refractivity contribution is 7.99. The van der Waals surface area contributed by atoms with Crippen LogP contribution in [0.3, 0.4) is 0 Å². The van der Waals surface area contributed by atoms with Crippen LogP contribution in [0.1, 0.15) is 24.1 Å². The Morgan fingerprint density at radius 3 is 2.43 bits per heavy atom. The molecule has 112 valence electrons. The zero-order valence-corrected chi connectivity index (χ0v) is 13.0. The van der Waals surface area contributed by atoms with Crippen molar-refractivity contribution in [3.63, 3.8) is 0 Å². The largest absolute Gasteiger partial charge is 0.309 e. The molecule has 0 radical (unpaired) electrons. The molecule has 1 N–H and O–H groups in total. The van der Waals surface area contributed by atoms with Gasteiger partial charge in [0.2, 0.25) is 0 Å². The number of benzene rings is 2. The highest BCUT2D eigenvalue weighted by atomic mass is 32.2. The van der Waals surface area contributed by atoms with Gasteiger partial charge in [0.1, 0.15) is 0 Å². The van der Waals surface area contributed by atoms with E-state index in [1.54, 1.807) is 30.8 Å². The molecular weight excluding hydrogens is 288 g/mol. The summed E-state index contributed by atoms with van der Waals surface area (Å²) in [6.45, 7) is 4.24. The lowest BCUT2D eigenvalue weighted by Gasteiger charge is -2.19. The molecule has 1 unspecified atom stereocenters. The van der Waals surface area contributed by atoms with Crippen molar-refractivity contribution in [2.75, 3.05) is 12.3 Å². The standard InChI is InChI=1S/C17H19F2NS/c1-3-20-15(11-21-13-7-5-4-6-8-13)14-10-9-12(2)16(18)17(14)19/h4-10,15,20H,3,11H2,1-2H3. The third kappa shape index (κ3) is 4.05. The fraction of sp³-hybridized carbons (Fsp3) is 0.294. The van der Waals surface area contributed by atoms with Gasteiger partial charge in [-0.15, -0.1) is 11.8 Å². The van der Waals surface area contributed by atoms with E-state index in [2.05, 4.69) is 5.32 Å². The van der Waals surface area contributed by atoms with Crippen LogP contribution in [0.2, 0.25) is 0 Å². The second-order valence-electron chi connectivity index (χ2n) is 4.83. The molecule has 0 spiro atoms. The second-order valence-corrected chi connectivity index (χ2v) is 5.93. The molecular formula is C17H19F2NS. The molecule has 4 heteroatoms. The summed E-state index contributed by atoms with van der Waals surface area (Å²) >= 11 is 1.63. The number of thioether (sulfide) groups is 1. The van der Waals surface area contributed by atoms with E-state index in [-0.39, 0.29) is 6.04 Å². The van der Waals surface area contributed by atoms with Gasteiger partial charge in [0.25, 0.3) is 0 Å². The third-order valence-electron chi connectivity index (χ3n) is 3.29. The lowest BCUT2D eigenvalue weighted by atomic mass is 10.0. The van der Waals surface area contributed by atoms with Crippen LogP contribution in [-0.4, -0.2) is 12.3 Å². The Morgan fingerprint density at radius 2 is 1.76 bits per heavy atom. The smallest absolute Gasteiger partial charge is 0.163 e. The summed E-state index contributed by atoms with van der Waals surface area (Å²) in [7, 11) is 0. The first-order valence-electron chi connectivity index (χ1n) is 6.99. The van der Waals surface area contributed by atoms with Crippen LogP contribution >= 0.6 is 11.8 Å². The first kappa shape index (κ1) is 16.0.